The third kappa shape index (κ3) is 9.05. The summed E-state index contributed by atoms with van der Waals surface area (Å²) in [5.74, 6) is -3.57. The first-order chi connectivity index (χ1) is 22.8. The van der Waals surface area contributed by atoms with Gasteiger partial charge in [0.1, 0.15) is 23.8 Å². The Balaban J connectivity index is 1.61. The molecule has 1 aliphatic heterocycles. The minimum Gasteiger partial charge on any atom is -0.363 e. The van der Waals surface area contributed by atoms with Crippen molar-refractivity contribution in [3.63, 3.8) is 0 Å². The van der Waals surface area contributed by atoms with Gasteiger partial charge in [0.25, 0.3) is 11.8 Å². The number of hydrogen-bond acceptors (Lipinski definition) is 6. The quantitative estimate of drug-likeness (QED) is 0.201. The number of Topliss-reactive ketones (excluding diaryl/α,β-unsaturated/α-hetero) is 1. The third-order valence-electron chi connectivity index (χ3n) is 10.6. The summed E-state index contributed by atoms with van der Waals surface area (Å²) >= 11 is 0. The van der Waals surface area contributed by atoms with Crippen molar-refractivity contribution >= 4 is 35.3 Å². The highest BCUT2D eigenvalue weighted by molar-refractivity contribution is 6.37. The zero-order valence-corrected chi connectivity index (χ0v) is 29.1. The molecule has 0 unspecified atom stereocenters. The number of hydrogen-bond donors (Lipinski definition) is 5. The molecule has 3 aliphatic rings. The molecule has 0 aromatic carbocycles. The van der Waals surface area contributed by atoms with Gasteiger partial charge in [-0.15, -0.1) is 0 Å². The van der Waals surface area contributed by atoms with E-state index < -0.39 is 53.1 Å². The summed E-state index contributed by atoms with van der Waals surface area (Å²) in [7, 11) is 0. The number of carbonyl (C=O) groups excluding carboxylic acids is 6. The molecule has 0 bridgehead atoms. The summed E-state index contributed by atoms with van der Waals surface area (Å²) in [4.78, 5) is 84.9. The lowest BCUT2D eigenvalue weighted by molar-refractivity contribution is -0.146. The van der Waals surface area contributed by atoms with Crippen LogP contribution < -0.4 is 21.7 Å². The normalized spacial score (nSPS) is 22.7. The van der Waals surface area contributed by atoms with Crippen LogP contribution in [-0.2, 0) is 24.0 Å². The smallest absolute Gasteiger partial charge is 0.287 e. The predicted molar refractivity (Wildman–Crippen MR) is 181 cm³/mol. The Morgan fingerprint density at radius 3 is 2.12 bits per heavy atom. The van der Waals surface area contributed by atoms with Gasteiger partial charge in [-0.25, -0.2) is 0 Å². The Morgan fingerprint density at radius 2 is 1.56 bits per heavy atom. The monoisotopic (exact) mass is 668 g/mol. The van der Waals surface area contributed by atoms with Crippen LogP contribution in [0.1, 0.15) is 122 Å². The van der Waals surface area contributed by atoms with E-state index >= 15 is 0 Å². The molecule has 5 amide bonds. The fourth-order valence-electron chi connectivity index (χ4n) is 8.04. The molecule has 0 radical (unpaired) electrons. The third-order valence-corrected chi connectivity index (χ3v) is 10.6. The first-order valence-corrected chi connectivity index (χ1v) is 18.0. The van der Waals surface area contributed by atoms with Gasteiger partial charge < -0.3 is 31.6 Å². The standard InChI is InChI=1S/C36H56N6O6/c1-5-13-25(29(43)31(37)44)39-34(47)28-24(22-14-8-6-9-15-22)19-21-42(28)35(48)30(36(2,3)4)41-33(46)27(23-16-10-7-11-17-23)40-32(45)26-18-12-20-38-26/h12,18,20,22-25,27-28,30,38H,5-11,13-17,19,21H2,1-4H3,(H2,37,44)(H,39,47)(H,40,45)(H,41,46)/t24-,25+,27+,28+,30-/m1/s1. The van der Waals surface area contributed by atoms with Crippen LogP contribution in [0.2, 0.25) is 0 Å². The van der Waals surface area contributed by atoms with Gasteiger partial charge >= 0.3 is 0 Å². The van der Waals surface area contributed by atoms with Crippen LogP contribution >= 0.6 is 0 Å². The van der Waals surface area contributed by atoms with Gasteiger partial charge in [0.15, 0.2) is 0 Å². The van der Waals surface area contributed by atoms with Crippen molar-refractivity contribution in [3.05, 3.63) is 24.0 Å². The molecule has 6 N–H and O–H groups in total. The van der Waals surface area contributed by atoms with Crippen molar-refractivity contribution in [2.45, 2.75) is 135 Å². The van der Waals surface area contributed by atoms with E-state index in [1.165, 1.54) is 0 Å². The van der Waals surface area contributed by atoms with E-state index in [4.69, 9.17) is 5.73 Å². The minimum atomic E-state index is -1.11. The molecule has 2 aliphatic carbocycles. The molecule has 1 saturated heterocycles. The van der Waals surface area contributed by atoms with Gasteiger partial charge in [0, 0.05) is 12.7 Å². The second kappa shape index (κ2) is 16.6. The second-order valence-corrected chi connectivity index (χ2v) is 15.1. The molecule has 48 heavy (non-hydrogen) atoms. The van der Waals surface area contributed by atoms with Crippen LogP contribution in [0, 0.1) is 23.2 Å². The molecule has 4 rings (SSSR count). The van der Waals surface area contributed by atoms with E-state index in [1.54, 1.807) is 23.2 Å². The van der Waals surface area contributed by atoms with Crippen LogP contribution in [-0.4, -0.2) is 75.9 Å². The average molecular weight is 669 g/mol. The van der Waals surface area contributed by atoms with Gasteiger partial charge in [0.05, 0.1) is 6.04 Å². The second-order valence-electron chi connectivity index (χ2n) is 15.1. The summed E-state index contributed by atoms with van der Waals surface area (Å²) < 4.78 is 0. The highest BCUT2D eigenvalue weighted by atomic mass is 16.2. The number of primary amides is 1. The zero-order chi connectivity index (χ0) is 35.0. The van der Waals surface area contributed by atoms with Crippen molar-refractivity contribution in [1.82, 2.24) is 25.8 Å². The molecular formula is C36H56N6O6. The van der Waals surface area contributed by atoms with Crippen LogP contribution in [0.4, 0.5) is 0 Å². The highest BCUT2D eigenvalue weighted by Gasteiger charge is 2.49. The SMILES string of the molecule is CCC[C@H](NC(=O)[C@@H]1[C@@H](C2CCCCC2)CCN1C(=O)[C@@H](NC(=O)[C@@H](NC(=O)c1ccc[nH]1)C1CCCCC1)C(C)(C)C)C(=O)C(N)=O. The molecule has 1 aromatic heterocycles. The van der Waals surface area contributed by atoms with E-state index in [2.05, 4.69) is 20.9 Å². The maximum atomic E-state index is 14.6. The fourth-order valence-corrected chi connectivity index (χ4v) is 8.04. The van der Waals surface area contributed by atoms with Gasteiger partial charge in [-0.2, -0.15) is 0 Å². The Bertz CT molecular complexity index is 1290. The van der Waals surface area contributed by atoms with Crippen LogP contribution in [0.3, 0.4) is 0 Å². The van der Waals surface area contributed by atoms with E-state index in [-0.39, 0.29) is 36.0 Å². The van der Waals surface area contributed by atoms with Crippen LogP contribution in [0.25, 0.3) is 0 Å². The Labute approximate surface area is 284 Å². The van der Waals surface area contributed by atoms with Crippen molar-refractivity contribution < 1.29 is 28.8 Å². The number of H-pyrrole nitrogens is 1. The fraction of sp³-hybridized carbons (Fsp3) is 0.722. The van der Waals surface area contributed by atoms with Crippen molar-refractivity contribution in [3.8, 4) is 0 Å². The number of aromatic amines is 1. The molecular weight excluding hydrogens is 612 g/mol. The average Bonchev–Trinajstić information content (AvgIpc) is 3.77. The highest BCUT2D eigenvalue weighted by Crippen LogP contribution is 2.40. The molecule has 12 heteroatoms. The summed E-state index contributed by atoms with van der Waals surface area (Å²) in [6.45, 7) is 7.79. The largest absolute Gasteiger partial charge is 0.363 e. The zero-order valence-electron chi connectivity index (χ0n) is 29.1. The molecule has 0 spiro atoms. The summed E-state index contributed by atoms with van der Waals surface area (Å²) in [5, 5.41) is 8.76. The Kier molecular flexibility index (Phi) is 12.8. The molecule has 12 nitrogen and oxygen atoms in total. The topological polar surface area (TPSA) is 184 Å². The summed E-state index contributed by atoms with van der Waals surface area (Å²) in [5.41, 5.74) is 4.93. The van der Waals surface area contributed by atoms with E-state index in [0.717, 1.165) is 64.2 Å². The lowest BCUT2D eigenvalue weighted by Gasteiger charge is -2.39. The first-order valence-electron chi connectivity index (χ1n) is 18.0. The van der Waals surface area contributed by atoms with E-state index in [1.807, 2.05) is 27.7 Å². The molecule has 2 saturated carbocycles. The lowest BCUT2D eigenvalue weighted by Crippen LogP contribution is -2.62. The summed E-state index contributed by atoms with van der Waals surface area (Å²) in [6.07, 6.45) is 12.8. The van der Waals surface area contributed by atoms with Crippen LogP contribution in [0.15, 0.2) is 18.3 Å². The molecule has 266 valence electrons. The van der Waals surface area contributed by atoms with Crippen LogP contribution in [0.5, 0.6) is 0 Å². The molecule has 1 aromatic rings. The van der Waals surface area contributed by atoms with Crippen molar-refractivity contribution in [2.75, 3.05) is 6.54 Å². The maximum absolute atomic E-state index is 14.6. The van der Waals surface area contributed by atoms with E-state index in [0.29, 0.717) is 25.1 Å². The molecule has 3 fully saturated rings. The minimum absolute atomic E-state index is 0.0762. The van der Waals surface area contributed by atoms with Gasteiger partial charge in [0.2, 0.25) is 23.5 Å². The lowest BCUT2D eigenvalue weighted by atomic mass is 9.76. The van der Waals surface area contributed by atoms with Gasteiger partial charge in [-0.3, -0.25) is 28.8 Å². The number of rotatable bonds is 13. The van der Waals surface area contributed by atoms with Gasteiger partial charge in [-0.05, 0) is 61.0 Å². The molecule has 5 atom stereocenters. The number of amides is 5. The molecule has 2 heterocycles. The maximum Gasteiger partial charge on any atom is 0.287 e. The van der Waals surface area contributed by atoms with Crippen molar-refractivity contribution in [2.24, 2.45) is 28.9 Å². The van der Waals surface area contributed by atoms with Gasteiger partial charge in [-0.1, -0.05) is 85.5 Å². The number of ketones is 1. The number of likely N-dealkylation sites (tertiary alicyclic amines) is 1. The van der Waals surface area contributed by atoms with Crippen molar-refractivity contribution in [1.29, 1.82) is 0 Å². The number of aromatic nitrogens is 1. The summed E-state index contributed by atoms with van der Waals surface area (Å²) in [6, 6.07) is -0.378. The Hall–Kier alpha value is -3.70. The van der Waals surface area contributed by atoms with E-state index in [9.17, 15) is 28.8 Å². The number of nitrogens with two attached hydrogens (primary N) is 1. The number of carbonyl (C=O) groups is 6. The Morgan fingerprint density at radius 1 is 0.917 bits per heavy atom. The number of nitrogens with one attached hydrogen (secondary N) is 4. The predicted octanol–water partition coefficient (Wildman–Crippen LogP) is 3.36. The number of nitrogens with zero attached hydrogens (tertiary/aromatic N) is 1. The first kappa shape index (κ1) is 37.1.